The van der Waals surface area contributed by atoms with Crippen LogP contribution in [-0.4, -0.2) is 40.6 Å². The third-order valence-electron chi connectivity index (χ3n) is 1.83. The van der Waals surface area contributed by atoms with E-state index >= 15 is 0 Å². The van der Waals surface area contributed by atoms with Gasteiger partial charge in [0.2, 0.25) is 0 Å². The highest BCUT2D eigenvalue weighted by atomic mass is 35.5. The molecule has 1 heterocycles. The van der Waals surface area contributed by atoms with Crippen molar-refractivity contribution in [2.45, 2.75) is 6.92 Å². The van der Waals surface area contributed by atoms with E-state index in [1.165, 1.54) is 11.3 Å². The van der Waals surface area contributed by atoms with Gasteiger partial charge in [0.1, 0.15) is 5.69 Å². The van der Waals surface area contributed by atoms with E-state index in [0.717, 1.165) is 5.01 Å². The van der Waals surface area contributed by atoms with Crippen molar-refractivity contribution in [3.63, 3.8) is 0 Å². The Morgan fingerprint density at radius 3 is 2.47 bits per heavy atom. The first-order valence-electron chi connectivity index (χ1n) is 4.52. The van der Waals surface area contributed by atoms with Crippen LogP contribution in [0.5, 0.6) is 0 Å². The van der Waals surface area contributed by atoms with Gasteiger partial charge < -0.3 is 4.90 Å². The maximum Gasteiger partial charge on any atom is 0.273 e. The van der Waals surface area contributed by atoms with E-state index in [0.29, 0.717) is 30.5 Å². The molecule has 0 aliphatic carbocycles. The number of hydrogen-bond acceptors (Lipinski definition) is 3. The summed E-state index contributed by atoms with van der Waals surface area (Å²) in [6.45, 7) is 2.88. The first-order chi connectivity index (χ1) is 7.19. The number of halogens is 2. The summed E-state index contributed by atoms with van der Waals surface area (Å²) in [5.74, 6) is 0.720. The molecule has 0 atom stereocenters. The van der Waals surface area contributed by atoms with E-state index in [4.69, 9.17) is 23.2 Å². The second kappa shape index (κ2) is 6.30. The highest BCUT2D eigenvalue weighted by Gasteiger charge is 2.16. The van der Waals surface area contributed by atoms with Crippen molar-refractivity contribution in [3.8, 4) is 0 Å². The molecule has 0 radical (unpaired) electrons. The van der Waals surface area contributed by atoms with Gasteiger partial charge in [-0.2, -0.15) is 0 Å². The molecular weight excluding hydrogens is 255 g/mol. The molecule has 6 heteroatoms. The summed E-state index contributed by atoms with van der Waals surface area (Å²) in [6, 6.07) is 0. The van der Waals surface area contributed by atoms with E-state index in [2.05, 4.69) is 4.98 Å². The van der Waals surface area contributed by atoms with Crippen LogP contribution < -0.4 is 0 Å². The molecule has 0 aliphatic heterocycles. The monoisotopic (exact) mass is 266 g/mol. The number of rotatable bonds is 5. The Hall–Kier alpha value is -0.320. The van der Waals surface area contributed by atoms with Gasteiger partial charge in [0.15, 0.2) is 0 Å². The van der Waals surface area contributed by atoms with Crippen molar-refractivity contribution in [2.24, 2.45) is 0 Å². The number of thiazole rings is 1. The molecule has 0 bridgehead atoms. The standard InChI is InChI=1S/C9H12Cl2N2OS/c1-7-12-8(6-15-7)9(14)13(4-2-10)5-3-11/h6H,2-5H2,1H3. The summed E-state index contributed by atoms with van der Waals surface area (Å²) >= 11 is 12.7. The van der Waals surface area contributed by atoms with Crippen LogP contribution in [0.2, 0.25) is 0 Å². The summed E-state index contributed by atoms with van der Waals surface area (Å²) in [4.78, 5) is 17.6. The van der Waals surface area contributed by atoms with Crippen LogP contribution in [-0.2, 0) is 0 Å². The van der Waals surface area contributed by atoms with Crippen LogP contribution in [0.15, 0.2) is 5.38 Å². The Morgan fingerprint density at radius 1 is 1.47 bits per heavy atom. The van der Waals surface area contributed by atoms with Gasteiger partial charge in [-0.15, -0.1) is 34.5 Å². The van der Waals surface area contributed by atoms with Gasteiger partial charge in [-0.3, -0.25) is 4.79 Å². The molecule has 84 valence electrons. The number of aromatic nitrogens is 1. The lowest BCUT2D eigenvalue weighted by molar-refractivity contribution is 0.0770. The first-order valence-corrected chi connectivity index (χ1v) is 6.47. The molecule has 3 nitrogen and oxygen atoms in total. The zero-order chi connectivity index (χ0) is 11.3. The molecule has 1 aromatic heterocycles. The van der Waals surface area contributed by atoms with Crippen LogP contribution in [0.1, 0.15) is 15.5 Å². The van der Waals surface area contributed by atoms with E-state index in [-0.39, 0.29) is 5.91 Å². The van der Waals surface area contributed by atoms with Crippen LogP contribution in [0.25, 0.3) is 0 Å². The predicted molar refractivity (Wildman–Crippen MR) is 64.2 cm³/mol. The fourth-order valence-electron chi connectivity index (χ4n) is 1.14. The lowest BCUT2D eigenvalue weighted by Gasteiger charge is -2.19. The summed E-state index contributed by atoms with van der Waals surface area (Å²) < 4.78 is 0. The number of aryl methyl sites for hydroxylation is 1. The number of carbonyl (C=O) groups excluding carboxylic acids is 1. The lowest BCUT2D eigenvalue weighted by Crippen LogP contribution is -2.34. The van der Waals surface area contributed by atoms with E-state index in [9.17, 15) is 4.79 Å². The number of amides is 1. The molecule has 0 unspecified atom stereocenters. The molecule has 0 aliphatic rings. The van der Waals surface area contributed by atoms with Crippen molar-refractivity contribution in [3.05, 3.63) is 16.1 Å². The Balaban J connectivity index is 2.71. The summed E-state index contributed by atoms with van der Waals surface area (Å²) in [5, 5.41) is 2.64. The minimum absolute atomic E-state index is 0.0966. The number of hydrogen-bond donors (Lipinski definition) is 0. The van der Waals surface area contributed by atoms with E-state index in [1.54, 1.807) is 10.3 Å². The maximum atomic E-state index is 11.9. The average Bonchev–Trinajstić information content (AvgIpc) is 2.63. The molecule has 15 heavy (non-hydrogen) atoms. The summed E-state index contributed by atoms with van der Waals surface area (Å²) in [5.41, 5.74) is 0.479. The Bertz CT molecular complexity index is 324. The highest BCUT2D eigenvalue weighted by Crippen LogP contribution is 2.10. The van der Waals surface area contributed by atoms with Gasteiger partial charge in [-0.05, 0) is 6.92 Å². The van der Waals surface area contributed by atoms with E-state index < -0.39 is 0 Å². The molecule has 1 rings (SSSR count). The van der Waals surface area contributed by atoms with Crippen LogP contribution in [0.4, 0.5) is 0 Å². The molecule has 1 aromatic rings. The quantitative estimate of drug-likeness (QED) is 0.767. The van der Waals surface area contributed by atoms with Crippen molar-refractivity contribution in [1.29, 1.82) is 0 Å². The molecular formula is C9H12Cl2N2OS. The molecule has 0 saturated carbocycles. The van der Waals surface area contributed by atoms with Crippen LogP contribution in [0.3, 0.4) is 0 Å². The smallest absolute Gasteiger partial charge is 0.273 e. The zero-order valence-electron chi connectivity index (χ0n) is 8.37. The number of carbonyl (C=O) groups is 1. The summed E-state index contributed by atoms with van der Waals surface area (Å²) in [6.07, 6.45) is 0. The van der Waals surface area contributed by atoms with Gasteiger partial charge in [0.05, 0.1) is 5.01 Å². The lowest BCUT2D eigenvalue weighted by atomic mass is 10.4. The van der Waals surface area contributed by atoms with Gasteiger partial charge >= 0.3 is 0 Å². The second-order valence-electron chi connectivity index (χ2n) is 2.92. The predicted octanol–water partition coefficient (Wildman–Crippen LogP) is 2.37. The molecule has 0 aromatic carbocycles. The fourth-order valence-corrected chi connectivity index (χ4v) is 2.14. The summed E-state index contributed by atoms with van der Waals surface area (Å²) in [7, 11) is 0. The van der Waals surface area contributed by atoms with Crippen LogP contribution in [0, 0.1) is 6.92 Å². The highest BCUT2D eigenvalue weighted by molar-refractivity contribution is 7.09. The third-order valence-corrected chi connectivity index (χ3v) is 2.95. The Kier molecular flexibility index (Phi) is 5.36. The third kappa shape index (κ3) is 3.63. The van der Waals surface area contributed by atoms with E-state index in [1.807, 2.05) is 6.92 Å². The Labute approximate surface area is 103 Å². The topological polar surface area (TPSA) is 33.2 Å². The number of nitrogens with zero attached hydrogens (tertiary/aromatic N) is 2. The van der Waals surface area contributed by atoms with Gasteiger partial charge in [0, 0.05) is 30.2 Å². The molecule has 0 N–H and O–H groups in total. The maximum absolute atomic E-state index is 11.9. The van der Waals surface area contributed by atoms with Crippen molar-refractivity contribution in [2.75, 3.05) is 24.8 Å². The van der Waals surface area contributed by atoms with Crippen molar-refractivity contribution >= 4 is 40.4 Å². The largest absolute Gasteiger partial charge is 0.335 e. The zero-order valence-corrected chi connectivity index (χ0v) is 10.7. The number of alkyl halides is 2. The van der Waals surface area contributed by atoms with Gasteiger partial charge in [-0.1, -0.05) is 0 Å². The minimum Gasteiger partial charge on any atom is -0.335 e. The normalized spacial score (nSPS) is 10.3. The van der Waals surface area contributed by atoms with Gasteiger partial charge in [-0.25, -0.2) is 4.98 Å². The van der Waals surface area contributed by atoms with Crippen LogP contribution >= 0.6 is 34.5 Å². The average molecular weight is 267 g/mol. The van der Waals surface area contributed by atoms with Crippen molar-refractivity contribution in [1.82, 2.24) is 9.88 Å². The molecule has 1 amide bonds. The SMILES string of the molecule is Cc1nc(C(=O)N(CCCl)CCCl)cs1. The first kappa shape index (κ1) is 12.7. The van der Waals surface area contributed by atoms with Crippen molar-refractivity contribution < 1.29 is 4.79 Å². The van der Waals surface area contributed by atoms with Gasteiger partial charge in [0.25, 0.3) is 5.91 Å². The molecule has 0 fully saturated rings. The molecule has 0 spiro atoms. The molecule has 0 saturated heterocycles. The minimum atomic E-state index is -0.0966. The second-order valence-corrected chi connectivity index (χ2v) is 4.74. The Morgan fingerprint density at radius 2 is 2.07 bits per heavy atom. The fraction of sp³-hybridized carbons (Fsp3) is 0.556.